The van der Waals surface area contributed by atoms with Crippen molar-refractivity contribution in [2.45, 2.75) is 70.6 Å². The summed E-state index contributed by atoms with van der Waals surface area (Å²) in [5.74, 6) is -3.21. The summed E-state index contributed by atoms with van der Waals surface area (Å²) in [7, 11) is 3.12. The maximum absolute atomic E-state index is 14.0. The Morgan fingerprint density at radius 1 is 1.19 bits per heavy atom. The Balaban J connectivity index is 1.59. The van der Waals surface area contributed by atoms with Crippen LogP contribution in [0.3, 0.4) is 0 Å². The molecule has 1 aromatic rings. The maximum Gasteiger partial charge on any atom is 0.275 e. The number of nitrogens with zero attached hydrogens (tertiary/aromatic N) is 2. The van der Waals surface area contributed by atoms with Gasteiger partial charge < -0.3 is 29.5 Å². The van der Waals surface area contributed by atoms with Crippen LogP contribution in [0.5, 0.6) is 11.5 Å². The number of hydrogen-bond acceptors (Lipinski definition) is 7. The van der Waals surface area contributed by atoms with Crippen LogP contribution in [0.1, 0.15) is 46.1 Å². The van der Waals surface area contributed by atoms with E-state index in [0.29, 0.717) is 37.3 Å². The Kier molecular flexibility index (Phi) is 6.96. The van der Waals surface area contributed by atoms with Crippen molar-refractivity contribution >= 4 is 17.7 Å². The predicted molar refractivity (Wildman–Crippen MR) is 130 cm³/mol. The molecule has 3 aliphatic heterocycles. The highest BCUT2D eigenvalue weighted by Gasteiger charge is 2.73. The fourth-order valence-corrected chi connectivity index (χ4v) is 5.75. The van der Waals surface area contributed by atoms with Crippen molar-refractivity contribution in [3.8, 4) is 11.5 Å². The molecule has 198 valence electrons. The van der Waals surface area contributed by atoms with Crippen LogP contribution in [0.2, 0.25) is 0 Å². The molecule has 4 rings (SSSR count). The van der Waals surface area contributed by atoms with Crippen molar-refractivity contribution in [3.05, 3.63) is 23.8 Å². The molecule has 10 nitrogen and oxygen atoms in total. The minimum Gasteiger partial charge on any atom is -0.493 e. The number of benzene rings is 1. The molecule has 3 aliphatic rings. The van der Waals surface area contributed by atoms with Gasteiger partial charge in [-0.05, 0) is 42.9 Å². The van der Waals surface area contributed by atoms with Gasteiger partial charge in [-0.2, -0.15) is 0 Å². The third-order valence-electron chi connectivity index (χ3n) is 7.62. The molecule has 3 amide bonds. The predicted octanol–water partition coefficient (Wildman–Crippen LogP) is 1.29. The SMILES string of the molecule is COc1ccc(CCNC(=O)[C@]2(C(C)C)O[C@@]3(O)C4CCCN4C(=O)[C@H](C(C)C)N3C2=O)cc1OC. The number of carbonyl (C=O) groups excluding carboxylic acids is 3. The van der Waals surface area contributed by atoms with Gasteiger partial charge in [-0.25, -0.2) is 0 Å². The molecule has 36 heavy (non-hydrogen) atoms. The summed E-state index contributed by atoms with van der Waals surface area (Å²) in [5, 5.41) is 14.7. The molecule has 0 saturated carbocycles. The highest BCUT2D eigenvalue weighted by Crippen LogP contribution is 2.49. The molecule has 3 heterocycles. The number of hydrogen-bond donors (Lipinski definition) is 2. The molecule has 3 saturated heterocycles. The van der Waals surface area contributed by atoms with Gasteiger partial charge in [0, 0.05) is 19.0 Å². The number of fused-ring (bicyclic) bond motifs is 3. The van der Waals surface area contributed by atoms with Crippen molar-refractivity contribution in [1.82, 2.24) is 15.1 Å². The molecular formula is C26H37N3O7. The molecule has 0 radical (unpaired) electrons. The smallest absolute Gasteiger partial charge is 0.275 e. The Hall–Kier alpha value is -2.85. The Morgan fingerprint density at radius 3 is 2.50 bits per heavy atom. The zero-order valence-electron chi connectivity index (χ0n) is 21.9. The zero-order chi connectivity index (χ0) is 26.4. The van der Waals surface area contributed by atoms with Crippen LogP contribution in [0.4, 0.5) is 0 Å². The topological polar surface area (TPSA) is 118 Å². The average molecular weight is 504 g/mol. The molecule has 4 atom stereocenters. The quantitative estimate of drug-likeness (QED) is 0.514. The number of carbonyl (C=O) groups is 3. The Labute approximate surface area is 211 Å². The summed E-state index contributed by atoms with van der Waals surface area (Å²) in [6.45, 7) is 7.81. The number of piperazine rings is 1. The number of methoxy groups -OCH3 is 2. The van der Waals surface area contributed by atoms with Gasteiger partial charge in [-0.15, -0.1) is 0 Å². The maximum atomic E-state index is 14.0. The standard InChI is InChI=1S/C26H37N3O7/c1-15(2)21-22(30)28-13-7-8-20(28)26(33)29(21)24(32)25(36-26,16(3)4)23(31)27-12-11-17-9-10-18(34-5)19(14-17)35-6/h9-10,14-16,20-21,33H,7-8,11-13H2,1-6H3,(H,27,31)/t20?,21-,25-,26-/m0/s1. The van der Waals surface area contributed by atoms with Crippen LogP contribution in [-0.2, 0) is 25.5 Å². The molecule has 0 spiro atoms. The average Bonchev–Trinajstić information content (AvgIpc) is 3.43. The minimum atomic E-state index is -2.05. The van der Waals surface area contributed by atoms with Crippen molar-refractivity contribution in [2.24, 2.45) is 11.8 Å². The Bertz CT molecular complexity index is 1040. The number of ether oxygens (including phenoxy) is 3. The lowest BCUT2D eigenvalue weighted by atomic mass is 9.87. The molecule has 3 fully saturated rings. The summed E-state index contributed by atoms with van der Waals surface area (Å²) < 4.78 is 16.8. The van der Waals surface area contributed by atoms with E-state index in [1.807, 2.05) is 26.0 Å². The van der Waals surface area contributed by atoms with Crippen LogP contribution in [-0.4, -0.2) is 83.5 Å². The summed E-state index contributed by atoms with van der Waals surface area (Å²) in [4.78, 5) is 43.7. The number of rotatable bonds is 8. The van der Waals surface area contributed by atoms with Gasteiger partial charge in [0.2, 0.25) is 11.5 Å². The van der Waals surface area contributed by atoms with Gasteiger partial charge in [0.1, 0.15) is 12.1 Å². The van der Waals surface area contributed by atoms with Crippen LogP contribution in [0, 0.1) is 11.8 Å². The van der Waals surface area contributed by atoms with E-state index in [9.17, 15) is 19.5 Å². The third-order valence-corrected chi connectivity index (χ3v) is 7.62. The summed E-state index contributed by atoms with van der Waals surface area (Å²) in [6.07, 6.45) is 1.67. The monoisotopic (exact) mass is 503 g/mol. The largest absolute Gasteiger partial charge is 0.493 e. The first-order valence-electron chi connectivity index (χ1n) is 12.6. The van der Waals surface area contributed by atoms with Crippen LogP contribution in [0.15, 0.2) is 18.2 Å². The molecule has 1 aromatic carbocycles. The fourth-order valence-electron chi connectivity index (χ4n) is 5.75. The van der Waals surface area contributed by atoms with E-state index in [-0.39, 0.29) is 18.4 Å². The van der Waals surface area contributed by atoms with Gasteiger partial charge >= 0.3 is 0 Å². The van der Waals surface area contributed by atoms with Gasteiger partial charge in [0.05, 0.1) is 14.2 Å². The number of aliphatic hydroxyl groups is 1. The molecule has 1 unspecified atom stereocenters. The van der Waals surface area contributed by atoms with E-state index in [1.165, 1.54) is 0 Å². The fraction of sp³-hybridized carbons (Fsp3) is 0.654. The first-order valence-corrected chi connectivity index (χ1v) is 12.6. The van der Waals surface area contributed by atoms with E-state index >= 15 is 0 Å². The second-order valence-corrected chi connectivity index (χ2v) is 10.4. The second-order valence-electron chi connectivity index (χ2n) is 10.4. The number of amides is 3. The molecule has 10 heteroatoms. The molecule has 0 bridgehead atoms. The van der Waals surface area contributed by atoms with Crippen molar-refractivity contribution in [3.63, 3.8) is 0 Å². The second kappa shape index (κ2) is 9.55. The van der Waals surface area contributed by atoms with E-state index in [1.54, 1.807) is 39.0 Å². The van der Waals surface area contributed by atoms with Crippen molar-refractivity contribution in [2.75, 3.05) is 27.3 Å². The van der Waals surface area contributed by atoms with E-state index in [2.05, 4.69) is 5.32 Å². The van der Waals surface area contributed by atoms with Crippen LogP contribution >= 0.6 is 0 Å². The molecule has 0 aromatic heterocycles. The summed E-state index contributed by atoms with van der Waals surface area (Å²) in [6, 6.07) is 3.89. The van der Waals surface area contributed by atoms with Gasteiger partial charge in [-0.1, -0.05) is 33.8 Å². The first-order chi connectivity index (χ1) is 17.0. The van der Waals surface area contributed by atoms with Crippen molar-refractivity contribution < 1.29 is 33.7 Å². The van der Waals surface area contributed by atoms with Gasteiger partial charge in [-0.3, -0.25) is 19.3 Å². The van der Waals surface area contributed by atoms with Gasteiger partial charge in [0.25, 0.3) is 17.7 Å². The summed E-state index contributed by atoms with van der Waals surface area (Å²) >= 11 is 0. The Morgan fingerprint density at radius 2 is 1.89 bits per heavy atom. The van der Waals surface area contributed by atoms with Crippen LogP contribution in [0.25, 0.3) is 0 Å². The van der Waals surface area contributed by atoms with Crippen molar-refractivity contribution in [1.29, 1.82) is 0 Å². The summed E-state index contributed by atoms with van der Waals surface area (Å²) in [5.41, 5.74) is -1.04. The molecular weight excluding hydrogens is 466 g/mol. The highest BCUT2D eigenvalue weighted by atomic mass is 16.7. The minimum absolute atomic E-state index is 0.206. The van der Waals surface area contributed by atoms with E-state index in [4.69, 9.17) is 14.2 Å². The third kappa shape index (κ3) is 3.82. The number of nitrogens with one attached hydrogen (secondary N) is 1. The first kappa shape index (κ1) is 26.2. The lowest BCUT2D eigenvalue weighted by molar-refractivity contribution is -0.316. The zero-order valence-corrected chi connectivity index (χ0v) is 21.9. The van der Waals surface area contributed by atoms with E-state index < -0.39 is 41.3 Å². The lowest BCUT2D eigenvalue weighted by Crippen LogP contribution is -2.72. The van der Waals surface area contributed by atoms with E-state index in [0.717, 1.165) is 10.5 Å². The highest BCUT2D eigenvalue weighted by molar-refractivity contribution is 6.11. The van der Waals surface area contributed by atoms with Crippen LogP contribution < -0.4 is 14.8 Å². The van der Waals surface area contributed by atoms with Gasteiger partial charge in [0.15, 0.2) is 11.5 Å². The normalized spacial score (nSPS) is 29.6. The molecule has 2 N–H and O–H groups in total. The molecule has 0 aliphatic carbocycles. The lowest BCUT2D eigenvalue weighted by Gasteiger charge is -2.50.